The van der Waals surface area contributed by atoms with Crippen molar-refractivity contribution >= 4 is 138 Å². The third-order valence-corrected chi connectivity index (χ3v) is 8.96. The number of phenols is 3. The number of pyridine rings is 2. The number of carbonyl (C=O) groups is 3. The minimum Gasteiger partial charge on any atom is -0.508 e. The number of phenolic OH excluding ortho intramolecular Hbond substituents is 3. The van der Waals surface area contributed by atoms with E-state index >= 15 is 0 Å². The van der Waals surface area contributed by atoms with Crippen LogP contribution in [0.2, 0.25) is 10.3 Å². The third kappa shape index (κ3) is 18.0. The molecular formula is C37H33Cl5N8O6S2. The molecule has 3 aromatic carbocycles. The number of aromatic nitrogens is 4. The van der Waals surface area contributed by atoms with Gasteiger partial charge in [-0.25, -0.2) is 15.0 Å². The Labute approximate surface area is 365 Å². The third-order valence-electron chi connectivity index (χ3n) is 6.61. The first kappa shape index (κ1) is 47.3. The van der Waals surface area contributed by atoms with Gasteiger partial charge in [0.15, 0.2) is 4.77 Å². The van der Waals surface area contributed by atoms with Gasteiger partial charge < -0.3 is 41.7 Å². The number of benzene rings is 3. The summed E-state index contributed by atoms with van der Waals surface area (Å²) in [6, 6.07) is 22.7. The Morgan fingerprint density at radius 2 is 1.29 bits per heavy atom. The van der Waals surface area contributed by atoms with Crippen molar-refractivity contribution in [2.45, 2.75) is 6.42 Å². The van der Waals surface area contributed by atoms with E-state index in [2.05, 4.69) is 35.6 Å². The van der Waals surface area contributed by atoms with E-state index in [0.717, 1.165) is 27.3 Å². The first-order valence-electron chi connectivity index (χ1n) is 16.2. The van der Waals surface area contributed by atoms with Gasteiger partial charge in [0, 0.05) is 47.7 Å². The van der Waals surface area contributed by atoms with E-state index in [-0.39, 0.29) is 46.6 Å². The summed E-state index contributed by atoms with van der Waals surface area (Å²) in [4.78, 5) is 50.3. The first-order valence-corrected chi connectivity index (χ1v) is 19.8. The second-order valence-corrected chi connectivity index (χ2v) is 14.3. The number of nitrogens with two attached hydrogens (primary N) is 1. The summed E-state index contributed by atoms with van der Waals surface area (Å²) in [7, 11) is 0. The van der Waals surface area contributed by atoms with Crippen molar-refractivity contribution in [1.82, 2.24) is 19.9 Å². The molecule has 0 aliphatic carbocycles. The van der Waals surface area contributed by atoms with E-state index in [4.69, 9.17) is 86.2 Å². The van der Waals surface area contributed by atoms with Crippen molar-refractivity contribution in [3.8, 4) is 17.2 Å². The van der Waals surface area contributed by atoms with Crippen molar-refractivity contribution in [3.63, 3.8) is 0 Å². The van der Waals surface area contributed by atoms with Gasteiger partial charge >= 0.3 is 0 Å². The lowest BCUT2D eigenvalue weighted by atomic mass is 10.2. The van der Waals surface area contributed by atoms with Crippen LogP contribution in [0.15, 0.2) is 102 Å². The van der Waals surface area contributed by atoms with E-state index in [9.17, 15) is 19.5 Å². The predicted octanol–water partition coefficient (Wildman–Crippen LogP) is 9.21. The minimum absolute atomic E-state index is 0.0876. The van der Waals surface area contributed by atoms with E-state index in [0.29, 0.717) is 38.6 Å². The van der Waals surface area contributed by atoms with Crippen LogP contribution < -0.4 is 16.4 Å². The van der Waals surface area contributed by atoms with Gasteiger partial charge in [0.25, 0.3) is 0 Å². The molecule has 0 spiro atoms. The number of carbonyl (C=O) groups excluding carboxylic acids is 3. The number of fused-ring (bicyclic) bond motifs is 2. The number of nitrogens with zero attached hydrogens (tertiary/aromatic N) is 3. The molecule has 0 fully saturated rings. The number of anilines is 3. The molecule has 7 rings (SSSR count). The van der Waals surface area contributed by atoms with Crippen LogP contribution in [0.1, 0.15) is 5.56 Å². The van der Waals surface area contributed by atoms with Gasteiger partial charge in [-0.3, -0.25) is 14.4 Å². The average molecular weight is 927 g/mol. The summed E-state index contributed by atoms with van der Waals surface area (Å²) in [6.07, 6.45) is 3.95. The molecule has 21 heteroatoms. The molecule has 1 aliphatic heterocycles. The highest BCUT2D eigenvalue weighted by atomic mass is 35.5. The molecule has 0 bridgehead atoms. The summed E-state index contributed by atoms with van der Waals surface area (Å²) in [5.41, 5.74) is 10.6. The number of aromatic hydroxyl groups is 3. The predicted molar refractivity (Wildman–Crippen MR) is 237 cm³/mol. The number of hydrogen-bond acceptors (Lipinski definition) is 12. The van der Waals surface area contributed by atoms with Crippen LogP contribution >= 0.6 is 82.0 Å². The molecule has 2 amide bonds. The maximum absolute atomic E-state index is 11.9. The molecular weight excluding hydrogens is 894 g/mol. The van der Waals surface area contributed by atoms with Gasteiger partial charge in [-0.2, -0.15) is 0 Å². The van der Waals surface area contributed by atoms with Crippen molar-refractivity contribution in [2.24, 2.45) is 4.99 Å². The summed E-state index contributed by atoms with van der Waals surface area (Å²) in [6.45, 7) is 0. The quantitative estimate of drug-likeness (QED) is 0.0258. The normalized spacial score (nSPS) is 10.7. The minimum atomic E-state index is -0.508. The average Bonchev–Trinajstić information content (AvgIpc) is 3.76. The van der Waals surface area contributed by atoms with Gasteiger partial charge in [-0.1, -0.05) is 41.4 Å². The number of amides is 2. The largest absolute Gasteiger partial charge is 0.508 e. The Balaban J connectivity index is 0.000000213. The van der Waals surface area contributed by atoms with Crippen molar-refractivity contribution in [1.29, 1.82) is 0 Å². The van der Waals surface area contributed by atoms with Crippen LogP contribution in [0.25, 0.3) is 11.0 Å². The Morgan fingerprint density at radius 1 is 0.759 bits per heavy atom. The Morgan fingerprint density at radius 3 is 1.83 bits per heavy atom. The molecule has 0 atom stereocenters. The fourth-order valence-corrected chi connectivity index (χ4v) is 5.68. The smallest absolute Gasteiger partial charge is 0.239 e. The second kappa shape index (κ2) is 24.6. The van der Waals surface area contributed by atoms with Gasteiger partial charge in [0.1, 0.15) is 33.4 Å². The highest BCUT2D eigenvalue weighted by Gasteiger charge is 2.17. The number of thioether (sulfide) groups is 1. The van der Waals surface area contributed by atoms with Gasteiger partial charge in [-0.15, -0.1) is 35.0 Å². The summed E-state index contributed by atoms with van der Waals surface area (Å²) in [5.74, 6) is 0.0754. The van der Waals surface area contributed by atoms with Crippen molar-refractivity contribution in [2.75, 3.05) is 33.9 Å². The number of imidazole rings is 1. The number of aromatic amines is 2. The monoisotopic (exact) mass is 924 g/mol. The lowest BCUT2D eigenvalue weighted by Crippen LogP contribution is -2.15. The summed E-state index contributed by atoms with van der Waals surface area (Å²) >= 11 is 32.6. The molecule has 0 unspecified atom stereocenters. The summed E-state index contributed by atoms with van der Waals surface area (Å²) < 4.78 is 0.587. The SMILES string of the molecule is Nc1cccc(O)c1.O=C(CCl)Nc1cccc(O)c1.O=C(CSC1=Nc2cnc(Cl)cc2C1)Nc1cccc(O)c1.O=C(Cl)CCl.S=c1[nH]c2cnc(Cl)cc2[nH]1. The van der Waals surface area contributed by atoms with E-state index in [1.165, 1.54) is 36.0 Å². The molecule has 3 aromatic heterocycles. The number of nitrogen functional groups attached to an aromatic ring is 1. The van der Waals surface area contributed by atoms with Crippen LogP contribution in [-0.4, -0.2) is 74.9 Å². The Hall–Kier alpha value is -5.07. The number of alkyl halides is 2. The molecule has 6 aromatic rings. The van der Waals surface area contributed by atoms with Crippen LogP contribution in [0.3, 0.4) is 0 Å². The van der Waals surface area contributed by atoms with Gasteiger partial charge in [0.05, 0.1) is 45.8 Å². The van der Waals surface area contributed by atoms with Crippen LogP contribution in [0.5, 0.6) is 17.2 Å². The zero-order valence-corrected chi connectivity index (χ0v) is 35.2. The van der Waals surface area contributed by atoms with Crippen LogP contribution in [0, 0.1) is 4.77 Å². The fraction of sp³-hybridized carbons (Fsp3) is 0.108. The molecule has 1 aliphatic rings. The van der Waals surface area contributed by atoms with Gasteiger partial charge in [0.2, 0.25) is 17.1 Å². The van der Waals surface area contributed by atoms with E-state index in [1.807, 2.05) is 0 Å². The standard InChI is InChI=1S/C15H12ClN3O2S.C8H8ClNO2.C6H4ClN3S.C6H7NO.C2H2Cl2O/c16-13-4-9-5-15(19-12(9)7-17-13)22-8-14(21)18-10-2-1-3-11(20)6-10;9-5-8(12)10-6-2-1-3-7(11)4-6;7-5-1-3-4(2-8-5)10-6(11)9-3;7-5-2-1-3-6(8)4-5;3-1-2(4)5/h1-4,6-7,20H,5,8H2,(H,18,21);1-4,11H,5H2,(H,10,12);1-2H,(H2,9,10,11);1-4,8H,7H2;1H2. The second-order valence-electron chi connectivity index (χ2n) is 11.2. The molecule has 4 heterocycles. The van der Waals surface area contributed by atoms with E-state index in [1.54, 1.807) is 73.1 Å². The Bertz CT molecular complexity index is 2400. The molecule has 0 radical (unpaired) electrons. The van der Waals surface area contributed by atoms with Crippen molar-refractivity contribution in [3.05, 3.63) is 118 Å². The molecule has 14 nitrogen and oxygen atoms in total. The first-order chi connectivity index (χ1) is 27.6. The van der Waals surface area contributed by atoms with Crippen LogP contribution in [-0.2, 0) is 20.8 Å². The molecule has 9 N–H and O–H groups in total. The number of rotatable bonds is 6. The van der Waals surface area contributed by atoms with Crippen molar-refractivity contribution < 1.29 is 29.7 Å². The molecule has 0 saturated heterocycles. The number of aliphatic imine (C=N–C) groups is 1. The number of H-pyrrole nitrogens is 2. The maximum atomic E-state index is 11.9. The molecule has 58 heavy (non-hydrogen) atoms. The lowest BCUT2D eigenvalue weighted by molar-refractivity contribution is -0.114. The lowest BCUT2D eigenvalue weighted by Gasteiger charge is -2.05. The Kier molecular flexibility index (Phi) is 20.1. The number of nitrogens with one attached hydrogen (secondary N) is 4. The number of halogens is 5. The highest BCUT2D eigenvalue weighted by Crippen LogP contribution is 2.31. The van der Waals surface area contributed by atoms with Crippen LogP contribution in [0.4, 0.5) is 22.7 Å². The molecule has 304 valence electrons. The topological polar surface area (TPSA) is 232 Å². The van der Waals surface area contributed by atoms with E-state index < -0.39 is 5.24 Å². The number of hydrogen-bond donors (Lipinski definition) is 8. The summed E-state index contributed by atoms with van der Waals surface area (Å²) in [5, 5.41) is 33.6. The zero-order valence-electron chi connectivity index (χ0n) is 29.8. The fourth-order valence-electron chi connectivity index (χ4n) is 4.26. The zero-order chi connectivity index (χ0) is 42.6. The van der Waals surface area contributed by atoms with Gasteiger partial charge in [-0.05, 0) is 71.8 Å². The highest BCUT2D eigenvalue weighted by molar-refractivity contribution is 8.14. The maximum Gasteiger partial charge on any atom is 0.239 e. The molecule has 0 saturated carbocycles.